The van der Waals surface area contributed by atoms with Gasteiger partial charge in [0.05, 0.1) is 12.6 Å². The van der Waals surface area contributed by atoms with E-state index in [4.69, 9.17) is 5.26 Å². The Balaban J connectivity index is 2.48. The summed E-state index contributed by atoms with van der Waals surface area (Å²) in [6.45, 7) is 9.72. The molecular weight excluding hydrogens is 160 g/mol. The van der Waals surface area contributed by atoms with Crippen LogP contribution in [0.4, 0.5) is 0 Å². The van der Waals surface area contributed by atoms with E-state index in [2.05, 4.69) is 31.7 Å². The minimum absolute atomic E-state index is 0.397. The zero-order valence-corrected chi connectivity index (χ0v) is 9.01. The third-order valence-corrected chi connectivity index (χ3v) is 3.02. The molecule has 0 aliphatic carbocycles. The summed E-state index contributed by atoms with van der Waals surface area (Å²) in [7, 11) is 0. The van der Waals surface area contributed by atoms with Gasteiger partial charge in [-0.3, -0.25) is 4.90 Å². The van der Waals surface area contributed by atoms with Gasteiger partial charge in [0, 0.05) is 6.54 Å². The Morgan fingerprint density at radius 1 is 1.46 bits per heavy atom. The van der Waals surface area contributed by atoms with Crippen LogP contribution in [0.15, 0.2) is 0 Å². The minimum Gasteiger partial charge on any atom is -0.290 e. The summed E-state index contributed by atoms with van der Waals surface area (Å²) in [5.41, 5.74) is 0.397. The largest absolute Gasteiger partial charge is 0.290 e. The molecule has 0 amide bonds. The van der Waals surface area contributed by atoms with Crippen molar-refractivity contribution in [3.63, 3.8) is 0 Å². The molecule has 13 heavy (non-hydrogen) atoms. The van der Waals surface area contributed by atoms with Crippen LogP contribution in [-0.4, -0.2) is 24.5 Å². The molecule has 2 heteroatoms. The van der Waals surface area contributed by atoms with Gasteiger partial charge in [0.15, 0.2) is 0 Å². The average molecular weight is 180 g/mol. The molecule has 0 aromatic heterocycles. The van der Waals surface area contributed by atoms with Crippen molar-refractivity contribution < 1.29 is 0 Å². The highest BCUT2D eigenvalue weighted by atomic mass is 15.1. The number of piperidine rings is 1. The van der Waals surface area contributed by atoms with Crippen molar-refractivity contribution in [2.45, 2.75) is 33.6 Å². The second-order valence-electron chi connectivity index (χ2n) is 5.10. The number of likely N-dealkylation sites (tertiary alicyclic amines) is 1. The van der Waals surface area contributed by atoms with Crippen molar-refractivity contribution in [1.29, 1.82) is 5.26 Å². The van der Waals surface area contributed by atoms with E-state index in [1.54, 1.807) is 0 Å². The van der Waals surface area contributed by atoms with Crippen LogP contribution in [0, 0.1) is 22.7 Å². The highest BCUT2D eigenvalue weighted by molar-refractivity contribution is 4.85. The quantitative estimate of drug-likeness (QED) is 0.579. The van der Waals surface area contributed by atoms with E-state index in [0.717, 1.165) is 19.0 Å². The Kier molecular flexibility index (Phi) is 3.33. The zero-order chi connectivity index (χ0) is 9.90. The predicted octanol–water partition coefficient (Wildman–Crippen LogP) is 2.27. The van der Waals surface area contributed by atoms with Crippen molar-refractivity contribution in [2.75, 3.05) is 19.6 Å². The van der Waals surface area contributed by atoms with Gasteiger partial charge in [0.25, 0.3) is 0 Å². The van der Waals surface area contributed by atoms with Crippen LogP contribution in [-0.2, 0) is 0 Å². The molecule has 0 aromatic carbocycles. The Morgan fingerprint density at radius 2 is 2.15 bits per heavy atom. The van der Waals surface area contributed by atoms with Gasteiger partial charge >= 0.3 is 0 Å². The molecule has 0 saturated carbocycles. The molecule has 1 fully saturated rings. The monoisotopic (exact) mass is 180 g/mol. The molecule has 0 bridgehead atoms. The molecule has 0 spiro atoms. The van der Waals surface area contributed by atoms with Crippen molar-refractivity contribution in [2.24, 2.45) is 11.3 Å². The van der Waals surface area contributed by atoms with Gasteiger partial charge in [-0.2, -0.15) is 5.26 Å². The molecule has 2 nitrogen and oxygen atoms in total. The van der Waals surface area contributed by atoms with Gasteiger partial charge in [-0.15, -0.1) is 0 Å². The van der Waals surface area contributed by atoms with Crippen molar-refractivity contribution in [3.8, 4) is 6.07 Å². The maximum atomic E-state index is 8.62. The van der Waals surface area contributed by atoms with E-state index in [-0.39, 0.29) is 0 Å². The fourth-order valence-corrected chi connectivity index (χ4v) is 2.01. The Hall–Kier alpha value is -0.550. The first-order valence-corrected chi connectivity index (χ1v) is 5.13. The number of hydrogen-bond donors (Lipinski definition) is 0. The zero-order valence-electron chi connectivity index (χ0n) is 9.01. The van der Waals surface area contributed by atoms with E-state index >= 15 is 0 Å². The molecule has 74 valence electrons. The lowest BCUT2D eigenvalue weighted by Gasteiger charge is -2.38. The highest BCUT2D eigenvalue weighted by Crippen LogP contribution is 2.32. The number of nitriles is 1. The van der Waals surface area contributed by atoms with Crippen molar-refractivity contribution in [1.82, 2.24) is 4.90 Å². The lowest BCUT2D eigenvalue weighted by atomic mass is 9.76. The summed E-state index contributed by atoms with van der Waals surface area (Å²) < 4.78 is 0. The van der Waals surface area contributed by atoms with E-state index in [9.17, 15) is 0 Å². The third-order valence-electron chi connectivity index (χ3n) is 3.02. The van der Waals surface area contributed by atoms with Gasteiger partial charge in [-0.25, -0.2) is 0 Å². The van der Waals surface area contributed by atoms with E-state index < -0.39 is 0 Å². The first-order chi connectivity index (χ1) is 6.04. The smallest absolute Gasteiger partial charge is 0.0866 e. The molecule has 0 aromatic rings. The van der Waals surface area contributed by atoms with E-state index in [0.29, 0.717) is 12.0 Å². The molecule has 1 unspecified atom stereocenters. The fourth-order valence-electron chi connectivity index (χ4n) is 2.01. The Bertz CT molecular complexity index is 197. The van der Waals surface area contributed by atoms with Crippen molar-refractivity contribution in [3.05, 3.63) is 0 Å². The van der Waals surface area contributed by atoms with Gasteiger partial charge in [0.2, 0.25) is 0 Å². The van der Waals surface area contributed by atoms with E-state index in [1.807, 2.05) is 0 Å². The molecule has 1 atom stereocenters. The second kappa shape index (κ2) is 4.11. The van der Waals surface area contributed by atoms with Gasteiger partial charge < -0.3 is 0 Å². The average Bonchev–Trinajstić information content (AvgIpc) is 2.04. The van der Waals surface area contributed by atoms with Crippen LogP contribution in [0.2, 0.25) is 0 Å². The highest BCUT2D eigenvalue weighted by Gasteiger charge is 2.29. The Morgan fingerprint density at radius 3 is 2.69 bits per heavy atom. The van der Waals surface area contributed by atoms with Gasteiger partial charge in [-0.05, 0) is 30.7 Å². The topological polar surface area (TPSA) is 27.0 Å². The lowest BCUT2D eigenvalue weighted by molar-refractivity contribution is 0.109. The van der Waals surface area contributed by atoms with Crippen LogP contribution in [0.3, 0.4) is 0 Å². The van der Waals surface area contributed by atoms with Crippen LogP contribution < -0.4 is 0 Å². The molecule has 1 aliphatic heterocycles. The third kappa shape index (κ3) is 3.00. The molecule has 0 radical (unpaired) electrons. The molecule has 0 N–H and O–H groups in total. The minimum atomic E-state index is 0.397. The standard InChI is InChI=1S/C11H20N2/c1-11(2,3)10-5-4-7-13(9-10)8-6-12/h10H,4-5,7-9H2,1-3H3. The summed E-state index contributed by atoms with van der Waals surface area (Å²) in [4.78, 5) is 2.28. The molecule has 1 saturated heterocycles. The molecule has 1 rings (SSSR count). The number of nitrogens with zero attached hydrogens (tertiary/aromatic N) is 2. The summed E-state index contributed by atoms with van der Waals surface area (Å²) in [6.07, 6.45) is 2.58. The van der Waals surface area contributed by atoms with Crippen LogP contribution in [0.5, 0.6) is 0 Å². The molecule has 1 aliphatic rings. The SMILES string of the molecule is CC(C)(C)C1CCCN(CC#N)C1. The molecular formula is C11H20N2. The predicted molar refractivity (Wildman–Crippen MR) is 54.2 cm³/mol. The fraction of sp³-hybridized carbons (Fsp3) is 0.909. The van der Waals surface area contributed by atoms with E-state index in [1.165, 1.54) is 12.8 Å². The normalized spacial score (nSPS) is 25.5. The van der Waals surface area contributed by atoms with Crippen LogP contribution in [0.1, 0.15) is 33.6 Å². The summed E-state index contributed by atoms with van der Waals surface area (Å²) in [5, 5.41) is 8.62. The van der Waals surface area contributed by atoms with Crippen LogP contribution >= 0.6 is 0 Å². The van der Waals surface area contributed by atoms with Gasteiger partial charge in [-0.1, -0.05) is 20.8 Å². The summed E-state index contributed by atoms with van der Waals surface area (Å²) in [5.74, 6) is 0.759. The number of rotatable bonds is 1. The van der Waals surface area contributed by atoms with Gasteiger partial charge in [0.1, 0.15) is 0 Å². The first kappa shape index (κ1) is 10.5. The van der Waals surface area contributed by atoms with Crippen molar-refractivity contribution >= 4 is 0 Å². The first-order valence-electron chi connectivity index (χ1n) is 5.13. The Labute approximate surface area is 81.5 Å². The summed E-state index contributed by atoms with van der Waals surface area (Å²) >= 11 is 0. The maximum Gasteiger partial charge on any atom is 0.0866 e. The van der Waals surface area contributed by atoms with Crippen LogP contribution in [0.25, 0.3) is 0 Å². The molecule has 1 heterocycles. The summed E-state index contributed by atoms with van der Waals surface area (Å²) in [6, 6.07) is 2.24. The lowest BCUT2D eigenvalue weighted by Crippen LogP contribution is -2.40. The maximum absolute atomic E-state index is 8.62. The number of hydrogen-bond acceptors (Lipinski definition) is 2. The second-order valence-corrected chi connectivity index (χ2v) is 5.10.